The predicted molar refractivity (Wildman–Crippen MR) is 61.4 cm³/mol. The fourth-order valence-corrected chi connectivity index (χ4v) is 1.20. The third-order valence-electron chi connectivity index (χ3n) is 2.09. The number of esters is 1. The lowest BCUT2D eigenvalue weighted by Gasteiger charge is -2.02. The summed E-state index contributed by atoms with van der Waals surface area (Å²) in [6.45, 7) is 1.68. The van der Waals surface area contributed by atoms with Crippen LogP contribution in [0.4, 0.5) is 0 Å². The van der Waals surface area contributed by atoms with Gasteiger partial charge in [-0.1, -0.05) is 0 Å². The standard InChI is InChI=1S/C12H13NO5/c1-3-18-12(16)10(15)6-9(14)8-4-5-11(17-2)13-7-8/h4-5,7H,3,6H2,1-2H3. The van der Waals surface area contributed by atoms with Crippen LogP contribution in [0.15, 0.2) is 18.3 Å². The van der Waals surface area contributed by atoms with Crippen molar-refractivity contribution in [3.8, 4) is 5.88 Å². The Hall–Kier alpha value is -2.24. The van der Waals surface area contributed by atoms with Crippen LogP contribution < -0.4 is 4.74 Å². The van der Waals surface area contributed by atoms with Crippen LogP contribution in [-0.2, 0) is 14.3 Å². The van der Waals surface area contributed by atoms with E-state index in [0.717, 1.165) is 0 Å². The summed E-state index contributed by atoms with van der Waals surface area (Å²) in [5.74, 6) is -1.98. The zero-order valence-electron chi connectivity index (χ0n) is 10.1. The van der Waals surface area contributed by atoms with Gasteiger partial charge in [0.25, 0.3) is 0 Å². The third kappa shape index (κ3) is 3.65. The first-order valence-electron chi connectivity index (χ1n) is 5.31. The number of ketones is 2. The molecule has 0 atom stereocenters. The molecule has 0 unspecified atom stereocenters. The molecule has 0 spiro atoms. The molecule has 0 saturated carbocycles. The third-order valence-corrected chi connectivity index (χ3v) is 2.09. The van der Waals surface area contributed by atoms with E-state index in [1.807, 2.05) is 0 Å². The number of hydrogen-bond donors (Lipinski definition) is 0. The van der Waals surface area contributed by atoms with Gasteiger partial charge >= 0.3 is 5.97 Å². The normalized spacial score (nSPS) is 9.67. The molecule has 0 N–H and O–H groups in total. The highest BCUT2D eigenvalue weighted by Gasteiger charge is 2.20. The molecule has 0 aliphatic rings. The van der Waals surface area contributed by atoms with Crippen molar-refractivity contribution in [3.05, 3.63) is 23.9 Å². The number of aromatic nitrogens is 1. The Kier molecular flexibility index (Phi) is 4.98. The lowest BCUT2D eigenvalue weighted by Crippen LogP contribution is -2.20. The zero-order chi connectivity index (χ0) is 13.5. The van der Waals surface area contributed by atoms with Crippen LogP contribution in [0, 0.1) is 0 Å². The van der Waals surface area contributed by atoms with Gasteiger partial charge in [-0.3, -0.25) is 9.59 Å². The average Bonchev–Trinajstić information content (AvgIpc) is 2.39. The summed E-state index contributed by atoms with van der Waals surface area (Å²) in [5.41, 5.74) is 0.244. The fraction of sp³-hybridized carbons (Fsp3) is 0.333. The second kappa shape index (κ2) is 6.48. The van der Waals surface area contributed by atoms with Crippen molar-refractivity contribution in [1.29, 1.82) is 0 Å². The van der Waals surface area contributed by atoms with E-state index >= 15 is 0 Å². The van der Waals surface area contributed by atoms with E-state index in [1.165, 1.54) is 25.4 Å². The highest BCUT2D eigenvalue weighted by atomic mass is 16.5. The second-order valence-corrected chi connectivity index (χ2v) is 3.33. The van der Waals surface area contributed by atoms with E-state index in [9.17, 15) is 14.4 Å². The molecule has 6 nitrogen and oxygen atoms in total. The number of ether oxygens (including phenoxy) is 2. The summed E-state index contributed by atoms with van der Waals surface area (Å²) < 4.78 is 9.34. The van der Waals surface area contributed by atoms with E-state index in [2.05, 4.69) is 9.72 Å². The van der Waals surface area contributed by atoms with Crippen LogP contribution >= 0.6 is 0 Å². The molecule has 0 aliphatic carbocycles. The molecule has 0 saturated heterocycles. The van der Waals surface area contributed by atoms with Crippen molar-refractivity contribution < 1.29 is 23.9 Å². The SMILES string of the molecule is CCOC(=O)C(=O)CC(=O)c1ccc(OC)nc1. The molecule has 0 aliphatic heterocycles. The first kappa shape index (κ1) is 13.8. The van der Waals surface area contributed by atoms with Crippen molar-refractivity contribution in [2.24, 2.45) is 0 Å². The molecule has 18 heavy (non-hydrogen) atoms. The van der Waals surface area contributed by atoms with Crippen LogP contribution in [0.5, 0.6) is 5.88 Å². The monoisotopic (exact) mass is 251 g/mol. The first-order chi connectivity index (χ1) is 8.58. The Morgan fingerprint density at radius 3 is 2.50 bits per heavy atom. The van der Waals surface area contributed by atoms with E-state index in [1.54, 1.807) is 6.92 Å². The minimum Gasteiger partial charge on any atom is -0.481 e. The van der Waals surface area contributed by atoms with Gasteiger partial charge in [-0.05, 0) is 13.0 Å². The number of nitrogens with zero attached hydrogens (tertiary/aromatic N) is 1. The Balaban J connectivity index is 2.64. The molecule has 1 aromatic heterocycles. The highest BCUT2D eigenvalue weighted by Crippen LogP contribution is 2.09. The van der Waals surface area contributed by atoms with E-state index in [0.29, 0.717) is 5.88 Å². The van der Waals surface area contributed by atoms with Crippen molar-refractivity contribution in [2.75, 3.05) is 13.7 Å². The quantitative estimate of drug-likeness (QED) is 0.322. The number of carbonyl (C=O) groups is 3. The number of methoxy groups -OCH3 is 1. The number of carbonyl (C=O) groups excluding carboxylic acids is 3. The Morgan fingerprint density at radius 1 is 1.28 bits per heavy atom. The van der Waals surface area contributed by atoms with Crippen LogP contribution in [0.1, 0.15) is 23.7 Å². The molecule has 1 aromatic rings. The van der Waals surface area contributed by atoms with Crippen molar-refractivity contribution in [1.82, 2.24) is 4.98 Å². The van der Waals surface area contributed by atoms with Gasteiger partial charge in [0.2, 0.25) is 11.7 Å². The van der Waals surface area contributed by atoms with Crippen molar-refractivity contribution >= 4 is 17.5 Å². The topological polar surface area (TPSA) is 82.6 Å². The minimum atomic E-state index is -0.993. The molecule has 6 heteroatoms. The van der Waals surface area contributed by atoms with Gasteiger partial charge in [0.15, 0.2) is 5.78 Å². The molecule has 96 valence electrons. The van der Waals surface area contributed by atoms with Crippen LogP contribution in [0.25, 0.3) is 0 Å². The number of Topliss-reactive ketones (excluding diaryl/α,β-unsaturated/α-hetero) is 2. The second-order valence-electron chi connectivity index (χ2n) is 3.33. The van der Waals surface area contributed by atoms with E-state index in [-0.39, 0.29) is 12.2 Å². The van der Waals surface area contributed by atoms with E-state index < -0.39 is 24.0 Å². The molecule has 0 bridgehead atoms. The van der Waals surface area contributed by atoms with Gasteiger partial charge < -0.3 is 9.47 Å². The molecule has 1 heterocycles. The predicted octanol–water partition coefficient (Wildman–Crippen LogP) is 0.795. The maximum absolute atomic E-state index is 11.7. The number of rotatable bonds is 6. The van der Waals surface area contributed by atoms with Gasteiger partial charge in [0.1, 0.15) is 0 Å². The Morgan fingerprint density at radius 2 is 2.00 bits per heavy atom. The molecule has 0 fully saturated rings. The fourth-order valence-electron chi connectivity index (χ4n) is 1.20. The van der Waals surface area contributed by atoms with Gasteiger partial charge in [-0.25, -0.2) is 9.78 Å². The summed E-state index contributed by atoms with van der Waals surface area (Å²) >= 11 is 0. The lowest BCUT2D eigenvalue weighted by atomic mass is 10.1. The molecular formula is C12H13NO5. The molecule has 0 aromatic carbocycles. The maximum Gasteiger partial charge on any atom is 0.375 e. The first-order valence-corrected chi connectivity index (χ1v) is 5.31. The largest absolute Gasteiger partial charge is 0.481 e. The van der Waals surface area contributed by atoms with Gasteiger partial charge in [0, 0.05) is 17.8 Å². The molecule has 0 radical (unpaired) electrons. The van der Waals surface area contributed by atoms with Gasteiger partial charge in [0.05, 0.1) is 20.1 Å². The lowest BCUT2D eigenvalue weighted by molar-refractivity contribution is -0.153. The van der Waals surface area contributed by atoms with Crippen LogP contribution in [-0.4, -0.2) is 36.2 Å². The highest BCUT2D eigenvalue weighted by molar-refractivity contribution is 6.38. The average molecular weight is 251 g/mol. The van der Waals surface area contributed by atoms with Crippen molar-refractivity contribution in [3.63, 3.8) is 0 Å². The van der Waals surface area contributed by atoms with Crippen LogP contribution in [0.2, 0.25) is 0 Å². The molecular weight excluding hydrogens is 238 g/mol. The Bertz CT molecular complexity index is 452. The van der Waals surface area contributed by atoms with E-state index in [4.69, 9.17) is 4.74 Å². The summed E-state index contributed by atoms with van der Waals surface area (Å²) in [7, 11) is 1.45. The smallest absolute Gasteiger partial charge is 0.375 e. The van der Waals surface area contributed by atoms with Gasteiger partial charge in [-0.15, -0.1) is 0 Å². The minimum absolute atomic E-state index is 0.100. The number of pyridine rings is 1. The molecule has 1 rings (SSSR count). The number of hydrogen-bond acceptors (Lipinski definition) is 6. The van der Waals surface area contributed by atoms with Crippen molar-refractivity contribution in [2.45, 2.75) is 13.3 Å². The summed E-state index contributed by atoms with van der Waals surface area (Å²) in [5, 5.41) is 0. The van der Waals surface area contributed by atoms with Crippen LogP contribution in [0.3, 0.4) is 0 Å². The maximum atomic E-state index is 11.7. The summed E-state index contributed by atoms with van der Waals surface area (Å²) in [6, 6.07) is 2.98. The summed E-state index contributed by atoms with van der Waals surface area (Å²) in [4.78, 5) is 37.8. The molecule has 0 amide bonds. The summed E-state index contributed by atoms with van der Waals surface area (Å²) in [6.07, 6.45) is 0.770. The zero-order valence-corrected chi connectivity index (χ0v) is 10.1. The Labute approximate surface area is 104 Å². The van der Waals surface area contributed by atoms with Gasteiger partial charge in [-0.2, -0.15) is 0 Å².